The van der Waals surface area contributed by atoms with Gasteiger partial charge in [-0.05, 0) is 24.9 Å². The molecule has 0 fully saturated rings. The van der Waals surface area contributed by atoms with Crippen molar-refractivity contribution in [3.8, 4) is 5.75 Å². The van der Waals surface area contributed by atoms with Crippen LogP contribution in [0.3, 0.4) is 0 Å². The molecule has 0 aromatic heterocycles. The molecule has 2 rings (SSSR count). The normalized spacial score (nSPS) is 19.2. The van der Waals surface area contributed by atoms with Crippen molar-refractivity contribution in [1.29, 1.82) is 0 Å². The highest BCUT2D eigenvalue weighted by atomic mass is 16.5. The largest absolute Gasteiger partial charge is 0.493 e. The minimum Gasteiger partial charge on any atom is -0.493 e. The minimum atomic E-state index is -0.0834. The van der Waals surface area contributed by atoms with Gasteiger partial charge in [-0.1, -0.05) is 25.1 Å². The Morgan fingerprint density at radius 1 is 1.53 bits per heavy atom. The Labute approximate surface area is 114 Å². The lowest BCUT2D eigenvalue weighted by molar-refractivity contribution is -0.132. The van der Waals surface area contributed by atoms with Crippen molar-refractivity contribution in [2.24, 2.45) is 11.7 Å². The standard InChI is InChI=1S/C15H22N2O2/c1-11(9-16)10-17(2)15(18)13-7-8-19-14-6-4-3-5-12(13)14/h3-6,11,13H,7-10,16H2,1-2H3. The van der Waals surface area contributed by atoms with E-state index in [0.29, 0.717) is 25.6 Å². The Morgan fingerprint density at radius 3 is 3.00 bits per heavy atom. The summed E-state index contributed by atoms with van der Waals surface area (Å²) >= 11 is 0. The number of hydrogen-bond donors (Lipinski definition) is 1. The van der Waals surface area contributed by atoms with Gasteiger partial charge in [-0.15, -0.1) is 0 Å². The highest BCUT2D eigenvalue weighted by molar-refractivity contribution is 5.84. The van der Waals surface area contributed by atoms with E-state index >= 15 is 0 Å². The summed E-state index contributed by atoms with van der Waals surface area (Å²) in [5.74, 6) is 1.24. The summed E-state index contributed by atoms with van der Waals surface area (Å²) < 4.78 is 5.60. The van der Waals surface area contributed by atoms with Crippen molar-refractivity contribution < 1.29 is 9.53 Å². The Hall–Kier alpha value is -1.55. The van der Waals surface area contributed by atoms with Gasteiger partial charge in [0.15, 0.2) is 0 Å². The molecule has 0 spiro atoms. The van der Waals surface area contributed by atoms with Crippen molar-refractivity contribution >= 4 is 5.91 Å². The van der Waals surface area contributed by atoms with Crippen LogP contribution in [0, 0.1) is 5.92 Å². The van der Waals surface area contributed by atoms with E-state index in [1.54, 1.807) is 4.90 Å². The predicted octanol–water partition coefficient (Wildman–Crippen LogP) is 1.61. The molecule has 2 atom stereocenters. The molecule has 1 heterocycles. The molecule has 1 amide bonds. The van der Waals surface area contributed by atoms with E-state index in [1.807, 2.05) is 31.3 Å². The summed E-state index contributed by atoms with van der Waals surface area (Å²) in [6.07, 6.45) is 0.747. The van der Waals surface area contributed by atoms with Crippen LogP contribution >= 0.6 is 0 Å². The van der Waals surface area contributed by atoms with Gasteiger partial charge in [-0.2, -0.15) is 0 Å². The predicted molar refractivity (Wildman–Crippen MR) is 75.2 cm³/mol. The second kappa shape index (κ2) is 6.06. The minimum absolute atomic E-state index is 0.0834. The maximum atomic E-state index is 12.5. The zero-order valence-corrected chi connectivity index (χ0v) is 11.6. The maximum Gasteiger partial charge on any atom is 0.230 e. The van der Waals surface area contributed by atoms with E-state index in [9.17, 15) is 4.79 Å². The summed E-state index contributed by atoms with van der Waals surface area (Å²) in [5.41, 5.74) is 6.62. The number of amides is 1. The average Bonchev–Trinajstić information content (AvgIpc) is 2.45. The van der Waals surface area contributed by atoms with Crippen molar-refractivity contribution in [2.75, 3.05) is 26.7 Å². The van der Waals surface area contributed by atoms with Gasteiger partial charge in [0.25, 0.3) is 0 Å². The van der Waals surface area contributed by atoms with Crippen LogP contribution in [0.2, 0.25) is 0 Å². The van der Waals surface area contributed by atoms with Crippen LogP contribution in [-0.4, -0.2) is 37.6 Å². The molecule has 2 unspecified atom stereocenters. The first-order valence-electron chi connectivity index (χ1n) is 6.80. The van der Waals surface area contributed by atoms with Crippen LogP contribution in [0.4, 0.5) is 0 Å². The highest BCUT2D eigenvalue weighted by Gasteiger charge is 2.29. The van der Waals surface area contributed by atoms with Crippen LogP contribution in [0.5, 0.6) is 5.75 Å². The van der Waals surface area contributed by atoms with E-state index in [2.05, 4.69) is 6.92 Å². The van der Waals surface area contributed by atoms with Gasteiger partial charge in [0.1, 0.15) is 5.75 Å². The fourth-order valence-electron chi connectivity index (χ4n) is 2.50. The third-order valence-corrected chi connectivity index (χ3v) is 3.62. The fraction of sp³-hybridized carbons (Fsp3) is 0.533. The average molecular weight is 262 g/mol. The van der Waals surface area contributed by atoms with Crippen molar-refractivity contribution in [2.45, 2.75) is 19.3 Å². The van der Waals surface area contributed by atoms with Crippen LogP contribution in [-0.2, 0) is 4.79 Å². The number of benzene rings is 1. The zero-order chi connectivity index (χ0) is 13.8. The van der Waals surface area contributed by atoms with Crippen LogP contribution in [0.15, 0.2) is 24.3 Å². The fourth-order valence-corrected chi connectivity index (χ4v) is 2.50. The molecule has 2 N–H and O–H groups in total. The number of para-hydroxylation sites is 1. The number of nitrogens with two attached hydrogens (primary N) is 1. The van der Waals surface area contributed by atoms with Gasteiger partial charge in [0, 0.05) is 19.2 Å². The Bertz CT molecular complexity index is 448. The second-order valence-corrected chi connectivity index (χ2v) is 5.29. The van der Waals surface area contributed by atoms with Crippen LogP contribution in [0.1, 0.15) is 24.8 Å². The quantitative estimate of drug-likeness (QED) is 0.897. The molecule has 1 aromatic carbocycles. The number of carbonyl (C=O) groups excluding carboxylic acids is 1. The molecule has 0 saturated heterocycles. The number of carbonyl (C=O) groups is 1. The van der Waals surface area contributed by atoms with Crippen LogP contribution in [0.25, 0.3) is 0 Å². The Balaban J connectivity index is 2.12. The lowest BCUT2D eigenvalue weighted by atomic mass is 9.91. The third-order valence-electron chi connectivity index (χ3n) is 3.62. The van der Waals surface area contributed by atoms with Gasteiger partial charge < -0.3 is 15.4 Å². The van der Waals surface area contributed by atoms with E-state index < -0.39 is 0 Å². The van der Waals surface area contributed by atoms with E-state index in [-0.39, 0.29) is 11.8 Å². The summed E-state index contributed by atoms with van der Waals surface area (Å²) in [6.45, 7) is 3.96. The molecule has 104 valence electrons. The molecule has 0 saturated carbocycles. The zero-order valence-electron chi connectivity index (χ0n) is 11.6. The molecule has 0 aliphatic carbocycles. The Kier molecular flexibility index (Phi) is 4.43. The Morgan fingerprint density at radius 2 is 2.26 bits per heavy atom. The molecule has 4 nitrogen and oxygen atoms in total. The maximum absolute atomic E-state index is 12.5. The molecule has 0 radical (unpaired) electrons. The van der Waals surface area contributed by atoms with Crippen molar-refractivity contribution in [3.63, 3.8) is 0 Å². The van der Waals surface area contributed by atoms with Gasteiger partial charge >= 0.3 is 0 Å². The van der Waals surface area contributed by atoms with E-state index in [0.717, 1.165) is 17.7 Å². The summed E-state index contributed by atoms with van der Waals surface area (Å²) in [5, 5.41) is 0. The molecular weight excluding hydrogens is 240 g/mol. The summed E-state index contributed by atoms with van der Waals surface area (Å²) in [6, 6.07) is 7.80. The van der Waals surface area contributed by atoms with Crippen LogP contribution < -0.4 is 10.5 Å². The number of nitrogens with zero attached hydrogens (tertiary/aromatic N) is 1. The number of ether oxygens (including phenoxy) is 1. The summed E-state index contributed by atoms with van der Waals surface area (Å²) in [7, 11) is 1.85. The highest BCUT2D eigenvalue weighted by Crippen LogP contribution is 2.34. The molecule has 0 bridgehead atoms. The first-order chi connectivity index (χ1) is 9.13. The first-order valence-corrected chi connectivity index (χ1v) is 6.80. The second-order valence-electron chi connectivity index (χ2n) is 5.29. The lowest BCUT2D eigenvalue weighted by Gasteiger charge is -2.29. The van der Waals surface area contributed by atoms with E-state index in [1.165, 1.54) is 0 Å². The summed E-state index contributed by atoms with van der Waals surface area (Å²) in [4.78, 5) is 14.3. The first kappa shape index (κ1) is 13.9. The van der Waals surface area contributed by atoms with Crippen molar-refractivity contribution in [3.05, 3.63) is 29.8 Å². The molecule has 1 aromatic rings. The molecular formula is C15H22N2O2. The monoisotopic (exact) mass is 262 g/mol. The molecule has 19 heavy (non-hydrogen) atoms. The van der Waals surface area contributed by atoms with Gasteiger partial charge in [-0.25, -0.2) is 0 Å². The number of rotatable bonds is 4. The van der Waals surface area contributed by atoms with Gasteiger partial charge in [0.2, 0.25) is 5.91 Å². The van der Waals surface area contributed by atoms with E-state index in [4.69, 9.17) is 10.5 Å². The molecule has 4 heteroatoms. The topological polar surface area (TPSA) is 55.6 Å². The molecule has 1 aliphatic heterocycles. The molecule has 1 aliphatic rings. The number of fused-ring (bicyclic) bond motifs is 1. The SMILES string of the molecule is CC(CN)CN(C)C(=O)C1CCOc2ccccc21. The number of likely N-dealkylation sites (N-methyl/N-ethyl adjacent to an activating group) is 1. The lowest BCUT2D eigenvalue weighted by Crippen LogP contribution is -2.38. The smallest absolute Gasteiger partial charge is 0.230 e. The van der Waals surface area contributed by atoms with Crippen molar-refractivity contribution in [1.82, 2.24) is 4.90 Å². The number of hydrogen-bond acceptors (Lipinski definition) is 3. The van der Waals surface area contributed by atoms with Gasteiger partial charge in [0.05, 0.1) is 12.5 Å². The third kappa shape index (κ3) is 3.07. The van der Waals surface area contributed by atoms with Gasteiger partial charge in [-0.3, -0.25) is 4.79 Å².